The maximum Gasteiger partial charge on any atom is 0.235 e. The fourth-order valence-electron chi connectivity index (χ4n) is 4.69. The minimum atomic E-state index is -0.395. The Hall–Kier alpha value is -1.66. The standard InChI is InChI=1S/C22H32N6O3S/c29-15-5-8-27(9-6-15)10-7-23-19-18(21-24-16-3-1-2-4-17(16)32-21)20(30)26-22(25-19)28-11-13-31-14-12-28/h1-4,15,18-19,22-23,25,29H,5-14H2,(H,26,30). The number of ether oxygens (including phenoxy) is 1. The van der Waals surface area contributed by atoms with Crippen molar-refractivity contribution in [3.05, 3.63) is 29.3 Å². The van der Waals surface area contributed by atoms with Gasteiger partial charge in [0.1, 0.15) is 17.2 Å². The molecule has 0 spiro atoms. The summed E-state index contributed by atoms with van der Waals surface area (Å²) in [5, 5.41) is 21.0. The second-order valence-electron chi connectivity index (χ2n) is 8.73. The number of morpholine rings is 1. The molecule has 1 aromatic carbocycles. The highest BCUT2D eigenvalue weighted by atomic mass is 32.1. The monoisotopic (exact) mass is 460 g/mol. The van der Waals surface area contributed by atoms with Crippen LogP contribution in [0.25, 0.3) is 10.2 Å². The van der Waals surface area contributed by atoms with Gasteiger partial charge in [0.25, 0.3) is 0 Å². The largest absolute Gasteiger partial charge is 0.393 e. The Morgan fingerprint density at radius 2 is 1.97 bits per heavy atom. The molecule has 3 unspecified atom stereocenters. The van der Waals surface area contributed by atoms with Gasteiger partial charge in [-0.25, -0.2) is 4.98 Å². The molecule has 174 valence electrons. The number of aliphatic hydroxyl groups excluding tert-OH is 1. The fourth-order valence-corrected chi connectivity index (χ4v) is 5.80. The molecule has 0 bridgehead atoms. The van der Waals surface area contributed by atoms with Crippen LogP contribution in [0.4, 0.5) is 0 Å². The molecular formula is C22H32N6O3S. The molecule has 5 rings (SSSR count). The minimum Gasteiger partial charge on any atom is -0.393 e. The molecule has 2 aromatic rings. The third-order valence-electron chi connectivity index (χ3n) is 6.57. The van der Waals surface area contributed by atoms with Gasteiger partial charge >= 0.3 is 0 Å². The first-order valence-corrected chi connectivity index (χ1v) is 12.4. The molecular weight excluding hydrogens is 428 g/mol. The zero-order chi connectivity index (χ0) is 21.9. The van der Waals surface area contributed by atoms with Crippen molar-refractivity contribution in [1.29, 1.82) is 0 Å². The van der Waals surface area contributed by atoms with Crippen LogP contribution in [0.5, 0.6) is 0 Å². The molecule has 0 saturated carbocycles. The smallest absolute Gasteiger partial charge is 0.235 e. The number of carbonyl (C=O) groups excluding carboxylic acids is 1. The summed E-state index contributed by atoms with van der Waals surface area (Å²) in [6.07, 6.45) is 1.06. The lowest BCUT2D eigenvalue weighted by Gasteiger charge is -2.43. The van der Waals surface area contributed by atoms with E-state index in [0.717, 1.165) is 67.3 Å². The molecule has 32 heavy (non-hydrogen) atoms. The lowest BCUT2D eigenvalue weighted by atomic mass is 10.0. The SMILES string of the molecule is O=C1NC(N2CCOCC2)NC(NCCN2CCC(O)CC2)C1c1nc2ccccc2s1. The van der Waals surface area contributed by atoms with Gasteiger partial charge in [0.15, 0.2) is 0 Å². The van der Waals surface area contributed by atoms with E-state index in [-0.39, 0.29) is 24.5 Å². The first-order chi connectivity index (χ1) is 15.7. The Morgan fingerprint density at radius 3 is 2.75 bits per heavy atom. The number of benzene rings is 1. The third-order valence-corrected chi connectivity index (χ3v) is 7.69. The Bertz CT molecular complexity index is 879. The molecule has 1 amide bonds. The lowest BCUT2D eigenvalue weighted by Crippen LogP contribution is -2.70. The number of para-hydroxylation sites is 1. The van der Waals surface area contributed by atoms with E-state index in [1.54, 1.807) is 11.3 Å². The number of thiazole rings is 1. The molecule has 4 heterocycles. The van der Waals surface area contributed by atoms with Crippen LogP contribution < -0.4 is 16.0 Å². The van der Waals surface area contributed by atoms with Crippen LogP contribution in [0, 0.1) is 0 Å². The molecule has 3 aliphatic heterocycles. The molecule has 0 aliphatic carbocycles. The number of likely N-dealkylation sites (tertiary alicyclic amines) is 1. The summed E-state index contributed by atoms with van der Waals surface area (Å²) in [5.41, 5.74) is 0.932. The third kappa shape index (κ3) is 4.96. The average molecular weight is 461 g/mol. The number of fused-ring (bicyclic) bond motifs is 1. The molecule has 3 saturated heterocycles. The number of rotatable bonds is 6. The van der Waals surface area contributed by atoms with Crippen molar-refractivity contribution >= 4 is 27.5 Å². The van der Waals surface area contributed by atoms with Crippen LogP contribution in [0.1, 0.15) is 23.8 Å². The molecule has 1 aromatic heterocycles. The van der Waals surface area contributed by atoms with Crippen LogP contribution >= 0.6 is 11.3 Å². The number of hydrogen-bond acceptors (Lipinski definition) is 9. The predicted molar refractivity (Wildman–Crippen MR) is 123 cm³/mol. The van der Waals surface area contributed by atoms with Gasteiger partial charge in [0, 0.05) is 39.3 Å². The molecule has 3 fully saturated rings. The van der Waals surface area contributed by atoms with Gasteiger partial charge < -0.3 is 20.1 Å². The topological polar surface area (TPSA) is 102 Å². The van der Waals surface area contributed by atoms with Crippen LogP contribution in [-0.4, -0.2) is 96.8 Å². The van der Waals surface area contributed by atoms with E-state index >= 15 is 0 Å². The molecule has 10 heteroatoms. The number of nitrogens with zero attached hydrogens (tertiary/aromatic N) is 3. The Morgan fingerprint density at radius 1 is 1.19 bits per heavy atom. The molecule has 0 radical (unpaired) electrons. The first-order valence-electron chi connectivity index (χ1n) is 11.5. The van der Waals surface area contributed by atoms with Gasteiger partial charge in [0.2, 0.25) is 5.91 Å². The summed E-state index contributed by atoms with van der Waals surface area (Å²) in [6.45, 7) is 6.40. The first kappa shape index (κ1) is 22.1. The number of piperidine rings is 1. The van der Waals surface area contributed by atoms with Crippen molar-refractivity contribution in [3.8, 4) is 0 Å². The van der Waals surface area contributed by atoms with Gasteiger partial charge in [-0.1, -0.05) is 12.1 Å². The highest BCUT2D eigenvalue weighted by Gasteiger charge is 2.41. The van der Waals surface area contributed by atoms with E-state index in [1.807, 2.05) is 18.2 Å². The highest BCUT2D eigenvalue weighted by Crippen LogP contribution is 2.31. The molecule has 9 nitrogen and oxygen atoms in total. The van der Waals surface area contributed by atoms with Gasteiger partial charge in [0.05, 0.1) is 35.7 Å². The van der Waals surface area contributed by atoms with Gasteiger partial charge in [-0.3, -0.25) is 20.3 Å². The van der Waals surface area contributed by atoms with Crippen molar-refractivity contribution in [2.75, 3.05) is 52.5 Å². The van der Waals surface area contributed by atoms with E-state index in [4.69, 9.17) is 9.72 Å². The second-order valence-corrected chi connectivity index (χ2v) is 9.79. The van der Waals surface area contributed by atoms with E-state index in [0.29, 0.717) is 13.2 Å². The fraction of sp³-hybridized carbons (Fsp3) is 0.636. The van der Waals surface area contributed by atoms with Gasteiger partial charge in [-0.2, -0.15) is 0 Å². The summed E-state index contributed by atoms with van der Waals surface area (Å²) in [4.78, 5) is 22.7. The summed E-state index contributed by atoms with van der Waals surface area (Å²) in [7, 11) is 0. The van der Waals surface area contributed by atoms with Gasteiger partial charge in [-0.15, -0.1) is 11.3 Å². The number of carbonyl (C=O) groups is 1. The Kier molecular flexibility index (Phi) is 6.98. The van der Waals surface area contributed by atoms with Crippen LogP contribution in [0.15, 0.2) is 24.3 Å². The Balaban J connectivity index is 1.30. The van der Waals surface area contributed by atoms with Crippen molar-refractivity contribution in [2.45, 2.75) is 37.3 Å². The quantitative estimate of drug-likeness (QED) is 0.481. The maximum absolute atomic E-state index is 13.3. The maximum atomic E-state index is 13.3. The van der Waals surface area contributed by atoms with Crippen molar-refractivity contribution < 1.29 is 14.6 Å². The van der Waals surface area contributed by atoms with Crippen molar-refractivity contribution in [2.24, 2.45) is 0 Å². The zero-order valence-corrected chi connectivity index (χ0v) is 19.0. The van der Waals surface area contributed by atoms with E-state index in [9.17, 15) is 9.90 Å². The summed E-state index contributed by atoms with van der Waals surface area (Å²) >= 11 is 1.59. The van der Waals surface area contributed by atoms with Crippen molar-refractivity contribution in [1.82, 2.24) is 30.7 Å². The van der Waals surface area contributed by atoms with E-state index in [2.05, 4.69) is 31.8 Å². The van der Waals surface area contributed by atoms with Crippen LogP contribution in [-0.2, 0) is 9.53 Å². The van der Waals surface area contributed by atoms with E-state index in [1.165, 1.54) is 0 Å². The van der Waals surface area contributed by atoms with E-state index < -0.39 is 5.92 Å². The van der Waals surface area contributed by atoms with Gasteiger partial charge in [-0.05, 0) is 25.0 Å². The molecule has 4 N–H and O–H groups in total. The number of aliphatic hydroxyl groups is 1. The van der Waals surface area contributed by atoms with Crippen molar-refractivity contribution in [3.63, 3.8) is 0 Å². The Labute approximate surface area is 192 Å². The average Bonchev–Trinajstić information content (AvgIpc) is 3.24. The number of amides is 1. The van der Waals surface area contributed by atoms with Crippen LogP contribution in [0.2, 0.25) is 0 Å². The normalized spacial score (nSPS) is 28.8. The summed E-state index contributed by atoms with van der Waals surface area (Å²) < 4.78 is 6.57. The predicted octanol–water partition coefficient (Wildman–Crippen LogP) is 0.0875. The molecule has 3 aliphatic rings. The zero-order valence-electron chi connectivity index (χ0n) is 18.2. The summed E-state index contributed by atoms with van der Waals surface area (Å²) in [5.74, 6) is -0.397. The molecule has 3 atom stereocenters. The number of hydrogen-bond donors (Lipinski definition) is 4. The second kappa shape index (κ2) is 10.1. The number of aromatic nitrogens is 1. The number of nitrogens with one attached hydrogen (secondary N) is 3. The lowest BCUT2D eigenvalue weighted by molar-refractivity contribution is -0.131. The minimum absolute atomic E-state index is 0.00195. The van der Waals surface area contributed by atoms with Crippen LogP contribution in [0.3, 0.4) is 0 Å². The highest BCUT2D eigenvalue weighted by molar-refractivity contribution is 7.18. The summed E-state index contributed by atoms with van der Waals surface area (Å²) in [6, 6.07) is 8.02.